The maximum Gasteiger partial charge on any atom is 0.244 e. The molecule has 20 heavy (non-hydrogen) atoms. The van der Waals surface area contributed by atoms with Crippen LogP contribution in [0.1, 0.15) is 45.2 Å². The lowest BCUT2D eigenvalue weighted by Crippen LogP contribution is -2.34. The minimum Gasteiger partial charge on any atom is -0.325 e. The van der Waals surface area contributed by atoms with Gasteiger partial charge in [0.15, 0.2) is 0 Å². The molecule has 0 amide bonds. The van der Waals surface area contributed by atoms with E-state index in [0.717, 1.165) is 25.7 Å². The number of pyridine rings is 1. The monoisotopic (exact) mass is 299 g/mol. The Morgan fingerprint density at radius 2 is 1.80 bits per heavy atom. The number of nitrogens with two attached hydrogens (primary N) is 1. The van der Waals surface area contributed by atoms with Gasteiger partial charge in [0, 0.05) is 25.8 Å². The first-order chi connectivity index (χ1) is 9.57. The molecule has 0 saturated heterocycles. The highest BCUT2D eigenvalue weighted by atomic mass is 32.2. The molecule has 0 aliphatic heterocycles. The molecule has 0 aromatic carbocycles. The molecule has 0 atom stereocenters. The zero-order valence-corrected chi connectivity index (χ0v) is 13.2. The van der Waals surface area contributed by atoms with Crippen molar-refractivity contribution in [3.05, 3.63) is 24.0 Å². The molecule has 1 aromatic heterocycles. The molecule has 0 radical (unpaired) electrons. The topological polar surface area (TPSA) is 76.3 Å². The van der Waals surface area contributed by atoms with Gasteiger partial charge in [-0.15, -0.1) is 0 Å². The first kappa shape index (κ1) is 17.1. The van der Waals surface area contributed by atoms with Gasteiger partial charge in [-0.05, 0) is 25.0 Å². The molecule has 1 aromatic rings. The van der Waals surface area contributed by atoms with E-state index in [9.17, 15) is 8.42 Å². The molecule has 0 unspecified atom stereocenters. The summed E-state index contributed by atoms with van der Waals surface area (Å²) in [5.74, 6) is 0. The van der Waals surface area contributed by atoms with E-state index in [-0.39, 0.29) is 11.4 Å². The maximum absolute atomic E-state index is 12.8. The summed E-state index contributed by atoms with van der Waals surface area (Å²) in [7, 11) is -3.50. The predicted octanol–water partition coefficient (Wildman–Crippen LogP) is 2.13. The van der Waals surface area contributed by atoms with E-state index in [4.69, 9.17) is 5.73 Å². The van der Waals surface area contributed by atoms with Gasteiger partial charge in [-0.2, -0.15) is 4.31 Å². The Balaban J connectivity index is 3.07. The second-order valence-corrected chi connectivity index (χ2v) is 6.67. The SMILES string of the molecule is CCCCN(CCCC)S(=O)(=O)c1cccnc1CN. The smallest absolute Gasteiger partial charge is 0.244 e. The highest BCUT2D eigenvalue weighted by Gasteiger charge is 2.26. The lowest BCUT2D eigenvalue weighted by molar-refractivity contribution is 0.394. The van der Waals surface area contributed by atoms with Crippen molar-refractivity contribution in [2.24, 2.45) is 5.73 Å². The van der Waals surface area contributed by atoms with Crippen molar-refractivity contribution in [1.82, 2.24) is 9.29 Å². The molecule has 1 rings (SSSR count). The second-order valence-electron chi connectivity index (χ2n) is 4.76. The van der Waals surface area contributed by atoms with Crippen LogP contribution < -0.4 is 5.73 Å². The minimum atomic E-state index is -3.50. The third kappa shape index (κ3) is 4.26. The van der Waals surface area contributed by atoms with E-state index in [2.05, 4.69) is 18.8 Å². The van der Waals surface area contributed by atoms with Gasteiger partial charge in [-0.1, -0.05) is 26.7 Å². The van der Waals surface area contributed by atoms with Crippen molar-refractivity contribution in [3.8, 4) is 0 Å². The van der Waals surface area contributed by atoms with E-state index in [0.29, 0.717) is 18.8 Å². The van der Waals surface area contributed by atoms with E-state index in [1.807, 2.05) is 0 Å². The van der Waals surface area contributed by atoms with E-state index < -0.39 is 10.0 Å². The zero-order valence-electron chi connectivity index (χ0n) is 12.4. The third-order valence-electron chi connectivity index (χ3n) is 3.18. The molecular weight excluding hydrogens is 274 g/mol. The molecule has 0 bridgehead atoms. The van der Waals surface area contributed by atoms with Crippen LogP contribution >= 0.6 is 0 Å². The van der Waals surface area contributed by atoms with Crippen LogP contribution in [0.3, 0.4) is 0 Å². The highest BCUT2D eigenvalue weighted by Crippen LogP contribution is 2.19. The number of aromatic nitrogens is 1. The Labute approximate surface area is 122 Å². The van der Waals surface area contributed by atoms with Crippen molar-refractivity contribution in [3.63, 3.8) is 0 Å². The molecule has 0 spiro atoms. The van der Waals surface area contributed by atoms with E-state index >= 15 is 0 Å². The number of rotatable bonds is 9. The molecule has 114 valence electrons. The Morgan fingerprint density at radius 1 is 1.20 bits per heavy atom. The van der Waals surface area contributed by atoms with Crippen LogP contribution in [0.15, 0.2) is 23.2 Å². The van der Waals surface area contributed by atoms with Crippen LogP contribution in [-0.2, 0) is 16.6 Å². The summed E-state index contributed by atoms with van der Waals surface area (Å²) < 4.78 is 27.1. The van der Waals surface area contributed by atoms with Gasteiger partial charge in [0.2, 0.25) is 10.0 Å². The van der Waals surface area contributed by atoms with Crippen molar-refractivity contribution >= 4 is 10.0 Å². The number of unbranched alkanes of at least 4 members (excludes halogenated alkanes) is 2. The fourth-order valence-corrected chi connectivity index (χ4v) is 3.67. The van der Waals surface area contributed by atoms with Crippen molar-refractivity contribution in [2.45, 2.75) is 51.0 Å². The van der Waals surface area contributed by atoms with Crippen LogP contribution in [0.2, 0.25) is 0 Å². The van der Waals surface area contributed by atoms with Gasteiger partial charge in [0.05, 0.1) is 5.69 Å². The number of sulfonamides is 1. The van der Waals surface area contributed by atoms with Gasteiger partial charge in [-0.25, -0.2) is 8.42 Å². The minimum absolute atomic E-state index is 0.130. The molecule has 2 N–H and O–H groups in total. The maximum atomic E-state index is 12.8. The first-order valence-corrected chi connectivity index (χ1v) is 8.66. The highest BCUT2D eigenvalue weighted by molar-refractivity contribution is 7.89. The molecular formula is C14H25N3O2S. The fourth-order valence-electron chi connectivity index (χ4n) is 1.97. The largest absolute Gasteiger partial charge is 0.325 e. The molecule has 6 heteroatoms. The van der Waals surface area contributed by atoms with E-state index in [1.54, 1.807) is 22.6 Å². The molecule has 5 nitrogen and oxygen atoms in total. The summed E-state index contributed by atoms with van der Waals surface area (Å²) in [6.07, 6.45) is 5.23. The van der Waals surface area contributed by atoms with Gasteiger partial charge >= 0.3 is 0 Å². The molecule has 0 fully saturated rings. The Hall–Kier alpha value is -0.980. The lowest BCUT2D eigenvalue weighted by atomic mass is 10.3. The fraction of sp³-hybridized carbons (Fsp3) is 0.643. The predicted molar refractivity (Wildman–Crippen MR) is 80.7 cm³/mol. The number of hydrogen-bond donors (Lipinski definition) is 1. The molecule has 0 saturated carbocycles. The van der Waals surface area contributed by atoms with Crippen LogP contribution in [0.4, 0.5) is 0 Å². The van der Waals surface area contributed by atoms with Gasteiger partial charge in [-0.3, -0.25) is 4.98 Å². The average molecular weight is 299 g/mol. The molecule has 0 aliphatic rings. The number of nitrogens with zero attached hydrogens (tertiary/aromatic N) is 2. The Kier molecular flexibility index (Phi) is 7.12. The number of hydrogen-bond acceptors (Lipinski definition) is 4. The zero-order chi connectivity index (χ0) is 15.0. The summed E-state index contributed by atoms with van der Waals surface area (Å²) in [5.41, 5.74) is 6.04. The van der Waals surface area contributed by atoms with Gasteiger partial charge in [0.25, 0.3) is 0 Å². The van der Waals surface area contributed by atoms with Crippen LogP contribution in [0.5, 0.6) is 0 Å². The standard InChI is InChI=1S/C14H25N3O2S/c1-3-5-10-17(11-6-4-2)20(18,19)14-8-7-9-16-13(14)12-15/h7-9H,3-6,10-12,15H2,1-2H3. The van der Waals surface area contributed by atoms with Crippen LogP contribution in [0, 0.1) is 0 Å². The van der Waals surface area contributed by atoms with Crippen molar-refractivity contribution < 1.29 is 8.42 Å². The second kappa shape index (κ2) is 8.34. The van der Waals surface area contributed by atoms with Crippen LogP contribution in [0.25, 0.3) is 0 Å². The van der Waals surface area contributed by atoms with Crippen LogP contribution in [-0.4, -0.2) is 30.8 Å². The summed E-state index contributed by atoms with van der Waals surface area (Å²) >= 11 is 0. The Bertz CT molecular complexity index is 495. The van der Waals surface area contributed by atoms with E-state index in [1.165, 1.54) is 0 Å². The van der Waals surface area contributed by atoms with Crippen molar-refractivity contribution in [2.75, 3.05) is 13.1 Å². The van der Waals surface area contributed by atoms with Gasteiger partial charge in [0.1, 0.15) is 4.90 Å². The normalized spacial score (nSPS) is 12.0. The molecule has 1 heterocycles. The summed E-state index contributed by atoms with van der Waals surface area (Å²) in [6.45, 7) is 5.35. The quantitative estimate of drug-likeness (QED) is 0.758. The Morgan fingerprint density at radius 3 is 2.30 bits per heavy atom. The lowest BCUT2D eigenvalue weighted by Gasteiger charge is -2.22. The third-order valence-corrected chi connectivity index (χ3v) is 5.15. The summed E-state index contributed by atoms with van der Waals surface area (Å²) in [5, 5.41) is 0. The molecule has 0 aliphatic carbocycles. The first-order valence-electron chi connectivity index (χ1n) is 7.22. The van der Waals surface area contributed by atoms with Gasteiger partial charge < -0.3 is 5.73 Å². The summed E-state index contributed by atoms with van der Waals surface area (Å²) in [6, 6.07) is 3.24. The average Bonchev–Trinajstić information content (AvgIpc) is 2.47. The van der Waals surface area contributed by atoms with Crippen molar-refractivity contribution in [1.29, 1.82) is 0 Å². The summed E-state index contributed by atoms with van der Waals surface area (Å²) in [4.78, 5) is 4.32.